The van der Waals surface area contributed by atoms with Gasteiger partial charge in [0.25, 0.3) is 60.7 Å². The number of carbonyl (C=O) groups is 2. The zero-order chi connectivity index (χ0) is 57.5. The summed E-state index contributed by atoms with van der Waals surface area (Å²) in [6, 6.07) is 8.57. The quantitative estimate of drug-likeness (QED) is 0.0198. The van der Waals surface area contributed by atoms with Gasteiger partial charge in [-0.05, 0) is 124 Å². The second-order valence-electron chi connectivity index (χ2n) is 19.3. The van der Waals surface area contributed by atoms with Crippen molar-refractivity contribution in [3.8, 4) is 0 Å². The topological polar surface area (TPSA) is 407 Å². The number of fused-ring (bicyclic) bond motifs is 6. The molecule has 2 unspecified atom stereocenters. The van der Waals surface area contributed by atoms with E-state index in [0.717, 1.165) is 12.1 Å². The van der Waals surface area contributed by atoms with E-state index in [2.05, 4.69) is 0 Å². The van der Waals surface area contributed by atoms with Crippen molar-refractivity contribution < 1.29 is 102 Å². The van der Waals surface area contributed by atoms with Crippen LogP contribution in [-0.4, -0.2) is 135 Å². The van der Waals surface area contributed by atoms with Crippen LogP contribution in [0.2, 0.25) is 0 Å². The van der Waals surface area contributed by atoms with Crippen molar-refractivity contribution in [2.75, 3.05) is 29.5 Å². The molecule has 2 aliphatic rings. The summed E-state index contributed by atoms with van der Waals surface area (Å²) < 4.78 is 214. The molecule has 0 amide bonds. The molecule has 4 aromatic carbocycles. The Bertz CT molecular complexity index is 3870. The number of aliphatic carboxylic acids is 2. The number of anilines is 1. The summed E-state index contributed by atoms with van der Waals surface area (Å²) in [5.41, 5.74) is -1.40. The van der Waals surface area contributed by atoms with E-state index < -0.39 is 115 Å². The van der Waals surface area contributed by atoms with Gasteiger partial charge < -0.3 is 15.1 Å². The van der Waals surface area contributed by atoms with E-state index in [9.17, 15) is 97.6 Å². The largest absolute Gasteiger partial charge is 0.481 e. The molecule has 8 N–H and O–H groups in total. The second-order valence-corrected chi connectivity index (χ2v) is 28.1. The summed E-state index contributed by atoms with van der Waals surface area (Å²) >= 11 is 0. The lowest BCUT2D eigenvalue weighted by Crippen LogP contribution is -2.32. The van der Waals surface area contributed by atoms with Gasteiger partial charge in [0.15, 0.2) is 5.71 Å². The third kappa shape index (κ3) is 14.0. The van der Waals surface area contributed by atoms with Crippen LogP contribution in [0.5, 0.6) is 0 Å². The van der Waals surface area contributed by atoms with Gasteiger partial charge in [0.1, 0.15) is 16.3 Å². The van der Waals surface area contributed by atoms with Crippen molar-refractivity contribution in [2.45, 2.75) is 121 Å². The van der Waals surface area contributed by atoms with Gasteiger partial charge in [-0.25, -0.2) is 0 Å². The molecule has 0 fully saturated rings. The standard InChI is InChI=1S/C47H56N2O22S6/c1-46(20-10-24-72(54,55)56)40(48(22-7-3-5-14-42(50)51)36-18-16-32-34(44(36)46)26-30(74(60,61)62)28-38(32)76(66,67)68)12-9-13-41-47(2,21-11-25-73(57,58)59)45-35-27-31(75(63,64)65)29-39(77(69,70)71)33(35)17-19-37(45)49(41)23-8-4-6-15-43(52)53/h9,12-13,16-19,26-29H,3-8,10-11,14-15,20-25H2,1-2H3,(H7-,50,51,52,53,54,55,56,57,58,59,60,61,62,63,64,65,66,67,68,69,70,71)/p+1. The zero-order valence-electron chi connectivity index (χ0n) is 41.3. The van der Waals surface area contributed by atoms with Gasteiger partial charge in [0, 0.05) is 71.1 Å². The van der Waals surface area contributed by atoms with Crippen molar-refractivity contribution in [1.29, 1.82) is 0 Å². The highest BCUT2D eigenvalue weighted by atomic mass is 32.2. The van der Waals surface area contributed by atoms with Crippen molar-refractivity contribution in [3.63, 3.8) is 0 Å². The number of nitrogens with zero attached hydrogens (tertiary/aromatic N) is 2. The van der Waals surface area contributed by atoms with Crippen molar-refractivity contribution >= 4 is 111 Å². The van der Waals surface area contributed by atoms with Crippen LogP contribution in [0.15, 0.2) is 92.0 Å². The van der Waals surface area contributed by atoms with E-state index in [1.165, 1.54) is 30.3 Å². The van der Waals surface area contributed by atoms with Crippen LogP contribution in [0.4, 0.5) is 11.4 Å². The average Bonchev–Trinajstić information content (AvgIpc) is 3.66. The smallest absolute Gasteiger partial charge is 0.303 e. The number of carboxylic acids is 2. The molecule has 30 heteroatoms. The molecule has 0 saturated carbocycles. The average molecular weight is 1190 g/mol. The van der Waals surface area contributed by atoms with Crippen LogP contribution >= 0.6 is 0 Å². The summed E-state index contributed by atoms with van der Waals surface area (Å²) in [6.45, 7) is 3.40. The lowest BCUT2D eigenvalue weighted by atomic mass is 9.74. The Labute approximate surface area is 445 Å². The Morgan fingerprint density at radius 1 is 0.545 bits per heavy atom. The number of rotatable bonds is 26. The van der Waals surface area contributed by atoms with Crippen LogP contribution < -0.4 is 4.90 Å². The fraction of sp³-hybridized carbons (Fsp3) is 0.426. The molecule has 0 aromatic heterocycles. The normalized spacial score (nSPS) is 19.0. The van der Waals surface area contributed by atoms with Gasteiger partial charge in [0.2, 0.25) is 5.69 Å². The number of benzene rings is 4. The molecule has 0 spiro atoms. The highest BCUT2D eigenvalue weighted by Crippen LogP contribution is 2.55. The molecule has 0 bridgehead atoms. The molecule has 2 aliphatic heterocycles. The Hall–Kier alpha value is -5.25. The lowest BCUT2D eigenvalue weighted by Gasteiger charge is -2.31. The van der Waals surface area contributed by atoms with Crippen LogP contribution in [0.25, 0.3) is 21.5 Å². The van der Waals surface area contributed by atoms with E-state index >= 15 is 0 Å². The molecule has 24 nitrogen and oxygen atoms in total. The highest BCUT2D eigenvalue weighted by Gasteiger charge is 2.50. The van der Waals surface area contributed by atoms with Crippen LogP contribution in [0.3, 0.4) is 0 Å². The maximum atomic E-state index is 12.9. The van der Waals surface area contributed by atoms with Crippen molar-refractivity contribution in [1.82, 2.24) is 0 Å². The first-order valence-corrected chi connectivity index (χ1v) is 32.6. The SMILES string of the molecule is CC1(CCCS(=O)(=O)O)C(/C=C/C=C2/N(CCCCCC(=O)O)c3ccc4c(S(=O)(=O)O)cc(S(=O)(=O)O)cc4c3C2(C)CCCS(=O)(=O)O)=[N+](CCCCCC(=O)O)c2ccc3c(S(=O)(=O)O)cc(S(=O)(=O)O)cc3c21. The Balaban J connectivity index is 1.69. The zero-order valence-corrected chi connectivity index (χ0v) is 46.2. The molecule has 0 aliphatic carbocycles. The molecule has 4 aromatic rings. The molecule has 422 valence electrons. The van der Waals surface area contributed by atoms with E-state index in [0.29, 0.717) is 60.6 Å². The number of hydrogen-bond acceptors (Lipinski definition) is 15. The van der Waals surface area contributed by atoms with Crippen molar-refractivity contribution in [2.24, 2.45) is 0 Å². The second kappa shape index (κ2) is 22.5. The number of hydrogen-bond donors (Lipinski definition) is 8. The predicted molar refractivity (Wildman–Crippen MR) is 280 cm³/mol. The molecule has 2 heterocycles. The summed E-state index contributed by atoms with van der Waals surface area (Å²) in [7, 11) is -30.1. The molecule has 0 saturated heterocycles. The number of allylic oxidation sites excluding steroid dienone is 4. The van der Waals surface area contributed by atoms with Gasteiger partial charge >= 0.3 is 11.9 Å². The van der Waals surface area contributed by atoms with Gasteiger partial charge in [0.05, 0.1) is 26.7 Å². The summed E-state index contributed by atoms with van der Waals surface area (Å²) in [5, 5.41) is 18.0. The third-order valence-electron chi connectivity index (χ3n) is 13.9. The maximum Gasteiger partial charge on any atom is 0.303 e. The number of carboxylic acid groups (broad SMARTS) is 2. The minimum absolute atomic E-state index is 0.0881. The first-order valence-electron chi connectivity index (χ1n) is 23.7. The fourth-order valence-corrected chi connectivity index (χ4v) is 14.3. The maximum absolute atomic E-state index is 12.9. The molecular formula is C47H57N2O22S6+. The monoisotopic (exact) mass is 1190 g/mol. The molecular weight excluding hydrogens is 1140 g/mol. The van der Waals surface area contributed by atoms with Gasteiger partial charge in [-0.15, -0.1) is 0 Å². The third-order valence-corrected chi connectivity index (χ3v) is 18.9. The molecule has 2 atom stereocenters. The van der Waals surface area contributed by atoms with Gasteiger partial charge in [-0.1, -0.05) is 18.6 Å². The Kier molecular flexibility index (Phi) is 17.8. The van der Waals surface area contributed by atoms with E-state index in [1.54, 1.807) is 35.5 Å². The highest BCUT2D eigenvalue weighted by molar-refractivity contribution is 7.87. The number of unbranched alkanes of at least 4 members (excludes halogenated alkanes) is 4. The van der Waals surface area contributed by atoms with E-state index in [4.69, 9.17) is 0 Å². The predicted octanol–water partition coefficient (Wildman–Crippen LogP) is 6.18. The van der Waals surface area contributed by atoms with E-state index in [1.807, 2.05) is 0 Å². The molecule has 0 radical (unpaired) electrons. The molecule has 77 heavy (non-hydrogen) atoms. The molecule has 6 rings (SSSR count). The van der Waals surface area contributed by atoms with Crippen LogP contribution in [-0.2, 0) is 81.1 Å². The fourth-order valence-electron chi connectivity index (χ4n) is 10.6. The minimum atomic E-state index is -5.22. The first kappa shape index (κ1) is 61.0. The van der Waals surface area contributed by atoms with Crippen molar-refractivity contribution in [3.05, 3.63) is 83.6 Å². The van der Waals surface area contributed by atoms with Gasteiger partial charge in [-0.2, -0.15) is 55.1 Å². The summed E-state index contributed by atoms with van der Waals surface area (Å²) in [4.78, 5) is 20.9. The lowest BCUT2D eigenvalue weighted by molar-refractivity contribution is -0.438. The minimum Gasteiger partial charge on any atom is -0.481 e. The first-order chi connectivity index (χ1) is 35.4. The summed E-state index contributed by atoms with van der Waals surface area (Å²) in [5.74, 6) is -3.69. The summed E-state index contributed by atoms with van der Waals surface area (Å²) in [6.07, 6.45) is 5.14. The Morgan fingerprint density at radius 2 is 1.01 bits per heavy atom. The Morgan fingerprint density at radius 3 is 1.48 bits per heavy atom. The van der Waals surface area contributed by atoms with Crippen LogP contribution in [0.1, 0.15) is 102 Å². The van der Waals surface area contributed by atoms with Gasteiger partial charge in [-0.3, -0.25) is 36.9 Å². The van der Waals surface area contributed by atoms with E-state index in [-0.39, 0.29) is 97.1 Å². The van der Waals surface area contributed by atoms with Crippen LogP contribution in [0, 0.1) is 0 Å².